The number of hydrogen-bond acceptors (Lipinski definition) is 4. The van der Waals surface area contributed by atoms with Crippen molar-refractivity contribution >= 4 is 38.9 Å². The molecule has 8 heteroatoms. The molecule has 0 saturated heterocycles. The Morgan fingerprint density at radius 2 is 1.67 bits per heavy atom. The van der Waals surface area contributed by atoms with Gasteiger partial charge >= 0.3 is 0 Å². The highest BCUT2D eigenvalue weighted by Crippen LogP contribution is 2.29. The number of amides is 1. The summed E-state index contributed by atoms with van der Waals surface area (Å²) >= 11 is 6.07. The molecule has 6 nitrogen and oxygen atoms in total. The van der Waals surface area contributed by atoms with Crippen molar-refractivity contribution in [1.29, 1.82) is 0 Å². The lowest BCUT2D eigenvalue weighted by molar-refractivity contribution is -0.114. The average molecular weight is 402 g/mol. The number of hydrogen-bond donors (Lipinski definition) is 2. The van der Waals surface area contributed by atoms with Gasteiger partial charge in [-0.25, -0.2) is 13.4 Å². The number of pyridine rings is 1. The van der Waals surface area contributed by atoms with Crippen molar-refractivity contribution in [2.75, 3.05) is 10.0 Å². The molecular formula is C19H16ClN3O3S. The summed E-state index contributed by atoms with van der Waals surface area (Å²) in [5, 5.41) is 2.74. The van der Waals surface area contributed by atoms with E-state index in [0.717, 1.165) is 5.56 Å². The van der Waals surface area contributed by atoms with Crippen molar-refractivity contribution in [2.45, 2.75) is 11.8 Å². The van der Waals surface area contributed by atoms with Crippen molar-refractivity contribution < 1.29 is 13.2 Å². The van der Waals surface area contributed by atoms with E-state index in [9.17, 15) is 13.2 Å². The first-order valence-corrected chi connectivity index (χ1v) is 9.83. The maximum absolute atomic E-state index is 12.5. The molecule has 0 spiro atoms. The Balaban J connectivity index is 1.90. The number of sulfonamides is 1. The summed E-state index contributed by atoms with van der Waals surface area (Å²) in [4.78, 5) is 15.3. The number of carbonyl (C=O) groups excluding carboxylic acids is 1. The van der Waals surface area contributed by atoms with Crippen LogP contribution >= 0.6 is 11.6 Å². The molecule has 2 aromatic carbocycles. The van der Waals surface area contributed by atoms with Gasteiger partial charge in [-0.05, 0) is 35.9 Å². The zero-order valence-electron chi connectivity index (χ0n) is 14.3. The molecule has 3 rings (SSSR count). The van der Waals surface area contributed by atoms with Crippen molar-refractivity contribution in [3.05, 3.63) is 72.0 Å². The van der Waals surface area contributed by atoms with Gasteiger partial charge in [0.05, 0.1) is 10.6 Å². The Morgan fingerprint density at radius 1 is 1.00 bits per heavy atom. The molecule has 0 radical (unpaired) electrons. The molecule has 138 valence electrons. The second kappa shape index (κ2) is 7.77. The average Bonchev–Trinajstić information content (AvgIpc) is 2.64. The summed E-state index contributed by atoms with van der Waals surface area (Å²) in [6.45, 7) is 1.43. The SMILES string of the molecule is CC(=O)Nc1ccc(-c2cnc(Cl)c(NS(=O)(=O)c3ccccc3)c2)cc1. The lowest BCUT2D eigenvalue weighted by Gasteiger charge is -2.11. The predicted octanol–water partition coefficient (Wildman–Crippen LogP) is 4.16. The van der Waals surface area contributed by atoms with Gasteiger partial charge in [0.15, 0.2) is 5.15 Å². The van der Waals surface area contributed by atoms with Gasteiger partial charge in [-0.2, -0.15) is 0 Å². The molecule has 0 unspecified atom stereocenters. The highest BCUT2D eigenvalue weighted by atomic mass is 35.5. The minimum Gasteiger partial charge on any atom is -0.326 e. The molecule has 0 aliphatic rings. The van der Waals surface area contributed by atoms with Crippen LogP contribution in [0.25, 0.3) is 11.1 Å². The molecule has 0 bridgehead atoms. The van der Waals surface area contributed by atoms with Crippen molar-refractivity contribution in [2.24, 2.45) is 0 Å². The quantitative estimate of drug-likeness (QED) is 0.628. The van der Waals surface area contributed by atoms with E-state index < -0.39 is 10.0 Å². The van der Waals surface area contributed by atoms with Crippen molar-refractivity contribution in [3.8, 4) is 11.1 Å². The number of aromatic nitrogens is 1. The fourth-order valence-corrected chi connectivity index (χ4v) is 3.72. The third-order valence-corrected chi connectivity index (χ3v) is 5.36. The highest BCUT2D eigenvalue weighted by molar-refractivity contribution is 7.92. The third kappa shape index (κ3) is 4.64. The molecule has 2 N–H and O–H groups in total. The van der Waals surface area contributed by atoms with Gasteiger partial charge < -0.3 is 5.32 Å². The maximum atomic E-state index is 12.5. The van der Waals surface area contributed by atoms with Crippen LogP contribution in [0, 0.1) is 0 Å². The monoisotopic (exact) mass is 401 g/mol. The van der Waals surface area contributed by atoms with Crippen LogP contribution in [0.3, 0.4) is 0 Å². The summed E-state index contributed by atoms with van der Waals surface area (Å²) in [5.41, 5.74) is 2.33. The van der Waals surface area contributed by atoms with Gasteiger partial charge in [-0.3, -0.25) is 9.52 Å². The van der Waals surface area contributed by atoms with Gasteiger partial charge in [-0.1, -0.05) is 41.9 Å². The smallest absolute Gasteiger partial charge is 0.261 e. The molecule has 0 fully saturated rings. The van der Waals surface area contributed by atoms with E-state index in [2.05, 4.69) is 15.0 Å². The molecule has 0 atom stereocenters. The van der Waals surface area contributed by atoms with Gasteiger partial charge in [-0.15, -0.1) is 0 Å². The minimum atomic E-state index is -3.78. The van der Waals surface area contributed by atoms with Crippen LogP contribution in [0.15, 0.2) is 71.8 Å². The Morgan fingerprint density at radius 3 is 2.30 bits per heavy atom. The Bertz CT molecular complexity index is 1070. The van der Waals surface area contributed by atoms with Gasteiger partial charge in [0.25, 0.3) is 10.0 Å². The minimum absolute atomic E-state index is 0.0492. The van der Waals surface area contributed by atoms with Crippen LogP contribution in [0.4, 0.5) is 11.4 Å². The van der Waals surface area contributed by atoms with E-state index in [1.807, 2.05) is 0 Å². The summed E-state index contributed by atoms with van der Waals surface area (Å²) in [7, 11) is -3.78. The zero-order chi connectivity index (χ0) is 19.4. The molecule has 0 aliphatic carbocycles. The van der Waals surface area contributed by atoms with E-state index in [1.54, 1.807) is 54.7 Å². The van der Waals surface area contributed by atoms with Gasteiger partial charge in [0.2, 0.25) is 5.91 Å². The van der Waals surface area contributed by atoms with Crippen LogP contribution in [0.2, 0.25) is 5.15 Å². The standard InChI is InChI=1S/C19H16ClN3O3S/c1-13(24)22-16-9-7-14(8-10-16)15-11-18(19(20)21-12-15)23-27(25,26)17-5-3-2-4-6-17/h2-12,23H,1H3,(H,22,24). The van der Waals surface area contributed by atoms with Crippen LogP contribution in [0.5, 0.6) is 0 Å². The largest absolute Gasteiger partial charge is 0.326 e. The first-order chi connectivity index (χ1) is 12.8. The zero-order valence-corrected chi connectivity index (χ0v) is 15.9. The van der Waals surface area contributed by atoms with E-state index in [1.165, 1.54) is 19.1 Å². The highest BCUT2D eigenvalue weighted by Gasteiger charge is 2.16. The van der Waals surface area contributed by atoms with Crippen LogP contribution < -0.4 is 10.0 Å². The lowest BCUT2D eigenvalue weighted by Crippen LogP contribution is -2.13. The second-order valence-electron chi connectivity index (χ2n) is 5.74. The molecule has 1 aromatic heterocycles. The predicted molar refractivity (Wildman–Crippen MR) is 106 cm³/mol. The van der Waals surface area contributed by atoms with E-state index >= 15 is 0 Å². The molecule has 0 aliphatic heterocycles. The third-order valence-electron chi connectivity index (χ3n) is 3.68. The Kier molecular flexibility index (Phi) is 5.43. The number of anilines is 2. The maximum Gasteiger partial charge on any atom is 0.261 e. The van der Waals surface area contributed by atoms with Crippen LogP contribution in [-0.4, -0.2) is 19.3 Å². The van der Waals surface area contributed by atoms with Crippen molar-refractivity contribution in [1.82, 2.24) is 4.98 Å². The summed E-state index contributed by atoms with van der Waals surface area (Å²) in [6, 6.07) is 16.7. The molecule has 3 aromatic rings. The normalized spacial score (nSPS) is 11.0. The number of halogens is 1. The van der Waals surface area contributed by atoms with Gasteiger partial charge in [0, 0.05) is 24.4 Å². The number of benzene rings is 2. The molecule has 27 heavy (non-hydrogen) atoms. The molecular weight excluding hydrogens is 386 g/mol. The lowest BCUT2D eigenvalue weighted by atomic mass is 10.1. The number of nitrogens with one attached hydrogen (secondary N) is 2. The van der Waals surface area contributed by atoms with E-state index in [0.29, 0.717) is 11.3 Å². The van der Waals surface area contributed by atoms with Gasteiger partial charge in [0.1, 0.15) is 0 Å². The number of nitrogens with zero attached hydrogens (tertiary/aromatic N) is 1. The number of rotatable bonds is 5. The molecule has 0 saturated carbocycles. The van der Waals surface area contributed by atoms with E-state index in [4.69, 9.17) is 11.6 Å². The van der Waals surface area contributed by atoms with E-state index in [-0.39, 0.29) is 21.6 Å². The first kappa shape index (κ1) is 18.9. The Labute approximate surface area is 162 Å². The Hall–Kier alpha value is -2.90. The van der Waals surface area contributed by atoms with Crippen molar-refractivity contribution in [3.63, 3.8) is 0 Å². The van der Waals surface area contributed by atoms with Crippen LogP contribution in [0.1, 0.15) is 6.92 Å². The molecule has 1 amide bonds. The summed E-state index contributed by atoms with van der Waals surface area (Å²) < 4.78 is 27.5. The number of carbonyl (C=O) groups is 1. The molecule has 1 heterocycles. The summed E-state index contributed by atoms with van der Waals surface area (Å²) in [6.07, 6.45) is 1.55. The first-order valence-electron chi connectivity index (χ1n) is 7.96. The topological polar surface area (TPSA) is 88.2 Å². The fraction of sp³-hybridized carbons (Fsp3) is 0.0526. The second-order valence-corrected chi connectivity index (χ2v) is 7.78. The van der Waals surface area contributed by atoms with Crippen LogP contribution in [-0.2, 0) is 14.8 Å². The fourth-order valence-electron chi connectivity index (χ4n) is 2.43. The summed E-state index contributed by atoms with van der Waals surface area (Å²) in [5.74, 6) is -0.159.